The minimum absolute atomic E-state index is 0.0718. The summed E-state index contributed by atoms with van der Waals surface area (Å²) in [5, 5.41) is 4.10. The van der Waals surface area contributed by atoms with Crippen molar-refractivity contribution in [3.8, 4) is 17.1 Å². The van der Waals surface area contributed by atoms with Crippen molar-refractivity contribution in [2.24, 2.45) is 5.92 Å². The third-order valence-corrected chi connectivity index (χ3v) is 5.75. The molecule has 7 heteroatoms. The molecule has 0 atom stereocenters. The first kappa shape index (κ1) is 21.1. The van der Waals surface area contributed by atoms with Gasteiger partial charge in [0.1, 0.15) is 5.75 Å². The van der Waals surface area contributed by atoms with Crippen LogP contribution in [0.5, 0.6) is 5.75 Å². The van der Waals surface area contributed by atoms with Gasteiger partial charge in [0.2, 0.25) is 17.6 Å². The maximum absolute atomic E-state index is 12.8. The van der Waals surface area contributed by atoms with Crippen molar-refractivity contribution in [3.05, 3.63) is 66.1 Å². The van der Waals surface area contributed by atoms with Crippen molar-refractivity contribution in [3.63, 3.8) is 0 Å². The molecule has 0 spiro atoms. The number of hydrogen-bond donors (Lipinski definition) is 0. The van der Waals surface area contributed by atoms with Gasteiger partial charge in [0.15, 0.2) is 0 Å². The highest BCUT2D eigenvalue weighted by Crippen LogP contribution is 2.23. The van der Waals surface area contributed by atoms with Crippen LogP contribution in [0.15, 0.2) is 59.1 Å². The average molecular weight is 421 g/mol. The zero-order valence-corrected chi connectivity index (χ0v) is 18.0. The lowest BCUT2D eigenvalue weighted by molar-refractivity contribution is -0.136. The van der Waals surface area contributed by atoms with Crippen molar-refractivity contribution in [1.82, 2.24) is 19.9 Å². The van der Waals surface area contributed by atoms with Crippen LogP contribution in [0, 0.1) is 5.92 Å². The normalized spacial score (nSPS) is 15.0. The zero-order chi connectivity index (χ0) is 21.6. The lowest BCUT2D eigenvalue weighted by Crippen LogP contribution is -2.40. The molecule has 0 aliphatic carbocycles. The van der Waals surface area contributed by atoms with Gasteiger partial charge in [0.05, 0.1) is 13.7 Å². The third-order valence-electron chi connectivity index (χ3n) is 5.75. The Hall–Kier alpha value is -3.19. The van der Waals surface area contributed by atoms with E-state index in [-0.39, 0.29) is 11.8 Å². The summed E-state index contributed by atoms with van der Waals surface area (Å²) < 4.78 is 10.6. The Balaban J connectivity index is 1.27. The molecule has 1 saturated heterocycles. The van der Waals surface area contributed by atoms with Crippen LogP contribution in [0.1, 0.15) is 24.3 Å². The molecule has 2 heterocycles. The summed E-state index contributed by atoms with van der Waals surface area (Å²) >= 11 is 0. The summed E-state index contributed by atoms with van der Waals surface area (Å²) in [6, 6.07) is 17.7. The van der Waals surface area contributed by atoms with Crippen LogP contribution in [-0.4, -0.2) is 53.1 Å². The molecule has 0 radical (unpaired) electrons. The molecule has 1 aliphatic heterocycles. The first-order valence-electron chi connectivity index (χ1n) is 10.6. The van der Waals surface area contributed by atoms with Crippen LogP contribution in [0.3, 0.4) is 0 Å². The Labute approximate surface area is 182 Å². The van der Waals surface area contributed by atoms with Gasteiger partial charge in [-0.1, -0.05) is 35.5 Å². The highest BCUT2D eigenvalue weighted by molar-refractivity contribution is 5.78. The maximum Gasteiger partial charge on any atom is 0.241 e. The van der Waals surface area contributed by atoms with Gasteiger partial charge in [-0.3, -0.25) is 9.69 Å². The number of hydrogen-bond acceptors (Lipinski definition) is 6. The second-order valence-electron chi connectivity index (χ2n) is 7.97. The molecule has 3 aromatic rings. The molecule has 1 fully saturated rings. The van der Waals surface area contributed by atoms with Crippen molar-refractivity contribution in [2.75, 3.05) is 27.2 Å². The van der Waals surface area contributed by atoms with Crippen LogP contribution in [0.25, 0.3) is 11.4 Å². The van der Waals surface area contributed by atoms with Gasteiger partial charge < -0.3 is 14.2 Å². The molecule has 0 N–H and O–H groups in total. The van der Waals surface area contributed by atoms with Gasteiger partial charge in [-0.25, -0.2) is 0 Å². The number of amides is 1. The Bertz CT molecular complexity index is 980. The molecule has 1 aliphatic rings. The van der Waals surface area contributed by atoms with Crippen molar-refractivity contribution < 1.29 is 14.1 Å². The largest absolute Gasteiger partial charge is 0.497 e. The van der Waals surface area contributed by atoms with Crippen LogP contribution in [0.4, 0.5) is 0 Å². The number of benzene rings is 2. The number of aromatic nitrogens is 2. The number of nitrogens with zero attached hydrogens (tertiary/aromatic N) is 4. The van der Waals surface area contributed by atoms with Gasteiger partial charge in [-0.15, -0.1) is 0 Å². The Kier molecular flexibility index (Phi) is 6.62. The Morgan fingerprint density at radius 3 is 2.52 bits per heavy atom. The van der Waals surface area contributed by atoms with Gasteiger partial charge in [-0.2, -0.15) is 4.98 Å². The molecule has 0 saturated carbocycles. The van der Waals surface area contributed by atoms with E-state index in [2.05, 4.69) is 27.2 Å². The number of methoxy groups -OCH3 is 1. The van der Waals surface area contributed by atoms with Gasteiger partial charge in [-0.05, 0) is 55.8 Å². The standard InChI is InChI=1S/C24H28N4O3/c1-27(16-18-6-4-3-5-7-18)24(29)20-12-14-28(15-13-20)17-22-25-23(26-31-22)19-8-10-21(30-2)11-9-19/h3-11,20H,12-17H2,1-2H3. The van der Waals surface area contributed by atoms with E-state index in [1.807, 2.05) is 54.4 Å². The summed E-state index contributed by atoms with van der Waals surface area (Å²) in [6.45, 7) is 2.94. The molecule has 4 rings (SSSR count). The second-order valence-corrected chi connectivity index (χ2v) is 7.97. The van der Waals surface area contributed by atoms with Crippen molar-refractivity contribution in [2.45, 2.75) is 25.9 Å². The van der Waals surface area contributed by atoms with Crippen molar-refractivity contribution in [1.29, 1.82) is 0 Å². The summed E-state index contributed by atoms with van der Waals surface area (Å²) in [7, 11) is 3.53. The third kappa shape index (κ3) is 5.30. The van der Waals surface area contributed by atoms with E-state index in [0.717, 1.165) is 42.8 Å². The molecule has 7 nitrogen and oxygen atoms in total. The van der Waals surface area contributed by atoms with E-state index in [1.54, 1.807) is 7.11 Å². The van der Waals surface area contributed by atoms with E-state index in [1.165, 1.54) is 0 Å². The van der Waals surface area contributed by atoms with E-state index >= 15 is 0 Å². The minimum Gasteiger partial charge on any atom is -0.497 e. The monoisotopic (exact) mass is 420 g/mol. The molecule has 0 unspecified atom stereocenters. The molecular formula is C24H28N4O3. The van der Waals surface area contributed by atoms with Crippen LogP contribution >= 0.6 is 0 Å². The van der Waals surface area contributed by atoms with Gasteiger partial charge in [0.25, 0.3) is 0 Å². The zero-order valence-electron chi connectivity index (χ0n) is 18.0. The smallest absolute Gasteiger partial charge is 0.241 e. The fourth-order valence-electron chi connectivity index (χ4n) is 3.95. The van der Waals surface area contributed by atoms with E-state index in [0.29, 0.717) is 24.8 Å². The lowest BCUT2D eigenvalue weighted by Gasteiger charge is -2.32. The predicted octanol–water partition coefficient (Wildman–Crippen LogP) is 3.62. The quantitative estimate of drug-likeness (QED) is 0.581. The summed E-state index contributed by atoms with van der Waals surface area (Å²) in [5.41, 5.74) is 2.04. The number of rotatable bonds is 7. The molecule has 1 aromatic heterocycles. The van der Waals surface area contributed by atoms with Gasteiger partial charge >= 0.3 is 0 Å². The van der Waals surface area contributed by atoms with Crippen LogP contribution < -0.4 is 4.74 Å². The number of carbonyl (C=O) groups is 1. The molecule has 2 aromatic carbocycles. The minimum atomic E-state index is 0.0718. The molecule has 1 amide bonds. The molecule has 31 heavy (non-hydrogen) atoms. The van der Waals surface area contributed by atoms with E-state index < -0.39 is 0 Å². The number of ether oxygens (including phenoxy) is 1. The average Bonchev–Trinajstić information content (AvgIpc) is 3.28. The van der Waals surface area contributed by atoms with E-state index in [9.17, 15) is 4.79 Å². The Morgan fingerprint density at radius 1 is 1.13 bits per heavy atom. The fourth-order valence-corrected chi connectivity index (χ4v) is 3.95. The number of likely N-dealkylation sites (tertiary alicyclic amines) is 1. The summed E-state index contributed by atoms with van der Waals surface area (Å²) in [5.74, 6) is 2.26. The molecule has 162 valence electrons. The van der Waals surface area contributed by atoms with Crippen molar-refractivity contribution >= 4 is 5.91 Å². The predicted molar refractivity (Wildman–Crippen MR) is 117 cm³/mol. The lowest BCUT2D eigenvalue weighted by atomic mass is 9.95. The van der Waals surface area contributed by atoms with E-state index in [4.69, 9.17) is 9.26 Å². The maximum atomic E-state index is 12.8. The summed E-state index contributed by atoms with van der Waals surface area (Å²) in [6.07, 6.45) is 1.69. The number of carbonyl (C=O) groups excluding carboxylic acids is 1. The molecular weight excluding hydrogens is 392 g/mol. The summed E-state index contributed by atoms with van der Waals surface area (Å²) in [4.78, 5) is 21.5. The molecule has 0 bridgehead atoms. The van der Waals surface area contributed by atoms with Gasteiger partial charge in [0, 0.05) is 25.1 Å². The second kappa shape index (κ2) is 9.75. The fraction of sp³-hybridized carbons (Fsp3) is 0.375. The Morgan fingerprint density at radius 2 is 1.84 bits per heavy atom. The first-order chi connectivity index (χ1) is 15.1. The van der Waals surface area contributed by atoms with Crippen LogP contribution in [-0.2, 0) is 17.9 Å². The SMILES string of the molecule is COc1ccc(-c2noc(CN3CCC(C(=O)N(C)Cc4ccccc4)CC3)n2)cc1. The highest BCUT2D eigenvalue weighted by atomic mass is 16.5. The van der Waals surface area contributed by atoms with Crippen LogP contribution in [0.2, 0.25) is 0 Å². The topological polar surface area (TPSA) is 71.7 Å². The number of piperidine rings is 1. The first-order valence-corrected chi connectivity index (χ1v) is 10.6. The highest BCUT2D eigenvalue weighted by Gasteiger charge is 2.28.